The lowest BCUT2D eigenvalue weighted by Gasteiger charge is -2.32. The highest BCUT2D eigenvalue weighted by atomic mass is 16.5. The van der Waals surface area contributed by atoms with Crippen LogP contribution >= 0.6 is 0 Å². The SMILES string of the molecule is CCNC(=NCc1ccc(C)cc1OCCOCC)NCC(C)N1CCOCC1. The molecule has 0 aliphatic carbocycles. The van der Waals surface area contributed by atoms with E-state index in [1.54, 1.807) is 0 Å². The third kappa shape index (κ3) is 8.60. The summed E-state index contributed by atoms with van der Waals surface area (Å²) in [6.07, 6.45) is 0. The van der Waals surface area contributed by atoms with E-state index in [2.05, 4.69) is 54.5 Å². The van der Waals surface area contributed by atoms with Gasteiger partial charge in [-0.05, 0) is 39.3 Å². The van der Waals surface area contributed by atoms with Crippen molar-refractivity contribution in [2.45, 2.75) is 40.3 Å². The zero-order valence-electron chi connectivity index (χ0n) is 18.5. The van der Waals surface area contributed by atoms with E-state index >= 15 is 0 Å². The van der Waals surface area contributed by atoms with Crippen molar-refractivity contribution < 1.29 is 14.2 Å². The Balaban J connectivity index is 1.94. The number of rotatable bonds is 11. The topological polar surface area (TPSA) is 67.4 Å². The molecule has 1 aliphatic heterocycles. The number of aryl methyl sites for hydroxylation is 1. The molecule has 1 aromatic rings. The Morgan fingerprint density at radius 3 is 2.72 bits per heavy atom. The number of benzene rings is 1. The molecule has 1 unspecified atom stereocenters. The number of nitrogens with zero attached hydrogens (tertiary/aromatic N) is 2. The summed E-state index contributed by atoms with van der Waals surface area (Å²) in [7, 11) is 0. The molecule has 0 spiro atoms. The summed E-state index contributed by atoms with van der Waals surface area (Å²) in [5, 5.41) is 6.81. The van der Waals surface area contributed by atoms with Crippen LogP contribution in [0.15, 0.2) is 23.2 Å². The highest BCUT2D eigenvalue weighted by molar-refractivity contribution is 5.79. The van der Waals surface area contributed by atoms with Crippen LogP contribution in [0, 0.1) is 6.92 Å². The highest BCUT2D eigenvalue weighted by Gasteiger charge is 2.17. The predicted octanol–water partition coefficient (Wildman–Crippen LogP) is 2.19. The molecule has 1 aromatic carbocycles. The van der Waals surface area contributed by atoms with Crippen LogP contribution in [-0.4, -0.2) is 76.1 Å². The standard InChI is InChI=1S/C22H38N4O3/c1-5-23-22(24-16-19(4)26-9-11-28-12-10-26)25-17-20-8-7-18(3)15-21(20)29-14-13-27-6-2/h7-8,15,19H,5-6,9-14,16-17H2,1-4H3,(H2,23,24,25). The van der Waals surface area contributed by atoms with Gasteiger partial charge in [0.1, 0.15) is 12.4 Å². The summed E-state index contributed by atoms with van der Waals surface area (Å²) in [4.78, 5) is 7.22. The van der Waals surface area contributed by atoms with E-state index in [-0.39, 0.29) is 0 Å². The van der Waals surface area contributed by atoms with Crippen LogP contribution in [0.4, 0.5) is 0 Å². The number of hydrogen-bond donors (Lipinski definition) is 2. The molecule has 0 amide bonds. The molecule has 2 N–H and O–H groups in total. The molecule has 1 atom stereocenters. The van der Waals surface area contributed by atoms with Gasteiger partial charge in [-0.15, -0.1) is 0 Å². The van der Waals surface area contributed by atoms with Crippen molar-refractivity contribution in [2.24, 2.45) is 4.99 Å². The Bertz CT molecular complexity index is 618. The third-order valence-corrected chi connectivity index (χ3v) is 4.90. The minimum atomic E-state index is 0.430. The number of aliphatic imine (C=N–C) groups is 1. The number of ether oxygens (including phenoxy) is 3. The molecule has 29 heavy (non-hydrogen) atoms. The predicted molar refractivity (Wildman–Crippen MR) is 118 cm³/mol. The Morgan fingerprint density at radius 1 is 1.21 bits per heavy atom. The third-order valence-electron chi connectivity index (χ3n) is 4.90. The Hall–Kier alpha value is -1.83. The zero-order chi connectivity index (χ0) is 20.9. The second kappa shape index (κ2) is 13.4. The second-order valence-electron chi connectivity index (χ2n) is 7.23. The normalized spacial score (nSPS) is 16.5. The summed E-state index contributed by atoms with van der Waals surface area (Å²) in [6, 6.07) is 6.69. The smallest absolute Gasteiger partial charge is 0.191 e. The molecule has 0 aromatic heterocycles. The maximum Gasteiger partial charge on any atom is 0.191 e. The quantitative estimate of drug-likeness (QED) is 0.334. The molecule has 7 nitrogen and oxygen atoms in total. The van der Waals surface area contributed by atoms with Crippen molar-refractivity contribution in [1.82, 2.24) is 15.5 Å². The summed E-state index contributed by atoms with van der Waals surface area (Å²) < 4.78 is 16.8. The average molecular weight is 407 g/mol. The van der Waals surface area contributed by atoms with Gasteiger partial charge in [-0.2, -0.15) is 0 Å². The van der Waals surface area contributed by atoms with Crippen LogP contribution in [0.5, 0.6) is 5.75 Å². The molecule has 1 aliphatic rings. The van der Waals surface area contributed by atoms with Crippen LogP contribution in [-0.2, 0) is 16.0 Å². The van der Waals surface area contributed by atoms with Gasteiger partial charge in [-0.25, -0.2) is 4.99 Å². The van der Waals surface area contributed by atoms with Crippen LogP contribution in [0.2, 0.25) is 0 Å². The van der Waals surface area contributed by atoms with E-state index in [0.717, 1.165) is 56.7 Å². The van der Waals surface area contributed by atoms with Gasteiger partial charge < -0.3 is 24.8 Å². The van der Waals surface area contributed by atoms with E-state index < -0.39 is 0 Å². The molecule has 1 saturated heterocycles. The molecule has 0 radical (unpaired) electrons. The number of morpholine rings is 1. The Kier molecular flexibility index (Phi) is 10.8. The van der Waals surface area contributed by atoms with Gasteiger partial charge in [0.05, 0.1) is 26.4 Å². The summed E-state index contributed by atoms with van der Waals surface area (Å²) in [5.41, 5.74) is 2.25. The van der Waals surface area contributed by atoms with Gasteiger partial charge in [0.2, 0.25) is 0 Å². The van der Waals surface area contributed by atoms with Crippen molar-refractivity contribution in [2.75, 3.05) is 59.2 Å². The van der Waals surface area contributed by atoms with Gasteiger partial charge in [0.25, 0.3) is 0 Å². The van der Waals surface area contributed by atoms with Gasteiger partial charge in [0, 0.05) is 44.4 Å². The molecule has 0 bridgehead atoms. The van der Waals surface area contributed by atoms with E-state index in [9.17, 15) is 0 Å². The van der Waals surface area contributed by atoms with E-state index in [4.69, 9.17) is 19.2 Å². The first kappa shape index (κ1) is 23.4. The van der Waals surface area contributed by atoms with Gasteiger partial charge >= 0.3 is 0 Å². The van der Waals surface area contributed by atoms with E-state index in [0.29, 0.717) is 32.4 Å². The Labute approximate surface area is 175 Å². The fourth-order valence-corrected chi connectivity index (χ4v) is 3.18. The highest BCUT2D eigenvalue weighted by Crippen LogP contribution is 2.21. The number of nitrogens with one attached hydrogen (secondary N) is 2. The zero-order valence-corrected chi connectivity index (χ0v) is 18.5. The minimum absolute atomic E-state index is 0.430. The van der Waals surface area contributed by atoms with Crippen molar-refractivity contribution in [3.05, 3.63) is 29.3 Å². The fraction of sp³-hybridized carbons (Fsp3) is 0.682. The molecule has 7 heteroatoms. The summed E-state index contributed by atoms with van der Waals surface area (Å²) in [5.74, 6) is 1.71. The fourth-order valence-electron chi connectivity index (χ4n) is 3.18. The lowest BCUT2D eigenvalue weighted by atomic mass is 10.1. The summed E-state index contributed by atoms with van der Waals surface area (Å²) in [6.45, 7) is 16.1. The first-order valence-electron chi connectivity index (χ1n) is 10.8. The molecule has 1 heterocycles. The average Bonchev–Trinajstić information content (AvgIpc) is 2.74. The van der Waals surface area contributed by atoms with Crippen molar-refractivity contribution >= 4 is 5.96 Å². The second-order valence-corrected chi connectivity index (χ2v) is 7.23. The first-order valence-corrected chi connectivity index (χ1v) is 10.8. The molecular weight excluding hydrogens is 368 g/mol. The maximum atomic E-state index is 5.94. The molecule has 0 saturated carbocycles. The van der Waals surface area contributed by atoms with E-state index in [1.807, 2.05) is 6.92 Å². The maximum absolute atomic E-state index is 5.94. The lowest BCUT2D eigenvalue weighted by molar-refractivity contribution is 0.0211. The van der Waals surface area contributed by atoms with Crippen molar-refractivity contribution in [3.8, 4) is 5.75 Å². The van der Waals surface area contributed by atoms with Crippen molar-refractivity contribution in [3.63, 3.8) is 0 Å². The first-order chi connectivity index (χ1) is 14.1. The lowest BCUT2D eigenvalue weighted by Crippen LogP contribution is -2.49. The minimum Gasteiger partial charge on any atom is -0.491 e. The van der Waals surface area contributed by atoms with Crippen LogP contribution in [0.3, 0.4) is 0 Å². The van der Waals surface area contributed by atoms with Crippen LogP contribution < -0.4 is 15.4 Å². The molecule has 1 fully saturated rings. The van der Waals surface area contributed by atoms with Crippen molar-refractivity contribution in [1.29, 1.82) is 0 Å². The number of guanidine groups is 1. The van der Waals surface area contributed by atoms with Gasteiger partial charge in [0.15, 0.2) is 5.96 Å². The van der Waals surface area contributed by atoms with Crippen LogP contribution in [0.25, 0.3) is 0 Å². The van der Waals surface area contributed by atoms with Gasteiger partial charge in [-0.3, -0.25) is 4.90 Å². The Morgan fingerprint density at radius 2 is 2.00 bits per heavy atom. The van der Waals surface area contributed by atoms with Gasteiger partial charge in [-0.1, -0.05) is 12.1 Å². The monoisotopic (exact) mass is 406 g/mol. The largest absolute Gasteiger partial charge is 0.491 e. The molecule has 164 valence electrons. The van der Waals surface area contributed by atoms with E-state index in [1.165, 1.54) is 5.56 Å². The molecule has 2 rings (SSSR count). The summed E-state index contributed by atoms with van der Waals surface area (Å²) >= 11 is 0. The van der Waals surface area contributed by atoms with Crippen LogP contribution in [0.1, 0.15) is 31.9 Å². The molecular formula is C22H38N4O3. The number of hydrogen-bond acceptors (Lipinski definition) is 5.